The molecule has 0 spiro atoms. The maximum atomic E-state index is 13.3. The van der Waals surface area contributed by atoms with E-state index in [4.69, 9.17) is 9.47 Å². The molecular weight excluding hydrogens is 464 g/mol. The predicted molar refractivity (Wildman–Crippen MR) is 136 cm³/mol. The van der Waals surface area contributed by atoms with E-state index in [2.05, 4.69) is 10.0 Å². The van der Waals surface area contributed by atoms with Gasteiger partial charge in [0.25, 0.3) is 15.9 Å². The summed E-state index contributed by atoms with van der Waals surface area (Å²) in [5.74, 6) is 0.913. The molecule has 0 bridgehead atoms. The topological polar surface area (TPSA) is 93.7 Å². The number of benzene rings is 4. The van der Waals surface area contributed by atoms with E-state index in [9.17, 15) is 13.2 Å². The first-order valence-corrected chi connectivity index (χ1v) is 12.4. The highest BCUT2D eigenvalue weighted by Gasteiger charge is 2.20. The summed E-state index contributed by atoms with van der Waals surface area (Å²) in [5, 5.41) is 2.75. The van der Waals surface area contributed by atoms with Gasteiger partial charge in [0.05, 0.1) is 22.9 Å². The van der Waals surface area contributed by atoms with Gasteiger partial charge in [-0.25, -0.2) is 8.42 Å². The molecule has 0 fully saturated rings. The molecule has 0 atom stereocenters. The van der Waals surface area contributed by atoms with Crippen LogP contribution in [0.1, 0.15) is 17.3 Å². The smallest absolute Gasteiger partial charge is 0.262 e. The lowest BCUT2D eigenvalue weighted by molar-refractivity contribution is 0.102. The van der Waals surface area contributed by atoms with Crippen LogP contribution < -0.4 is 19.5 Å². The van der Waals surface area contributed by atoms with Crippen LogP contribution in [0.5, 0.6) is 17.2 Å². The number of sulfonamides is 1. The van der Waals surface area contributed by atoms with Crippen LogP contribution in [0.3, 0.4) is 0 Å². The zero-order chi connectivity index (χ0) is 24.7. The second-order valence-corrected chi connectivity index (χ2v) is 9.11. The molecule has 178 valence electrons. The van der Waals surface area contributed by atoms with Gasteiger partial charge in [-0.05, 0) is 61.5 Å². The number of carbonyl (C=O) groups excluding carboxylic acids is 1. The Morgan fingerprint density at radius 2 is 1.43 bits per heavy atom. The van der Waals surface area contributed by atoms with Crippen molar-refractivity contribution in [2.45, 2.75) is 11.8 Å². The Bertz CT molecular complexity index is 1410. The third kappa shape index (κ3) is 5.99. The highest BCUT2D eigenvalue weighted by atomic mass is 32.2. The number of rotatable bonds is 9. The third-order valence-electron chi connectivity index (χ3n) is 4.95. The van der Waals surface area contributed by atoms with E-state index in [1.54, 1.807) is 73.7 Å². The zero-order valence-corrected chi connectivity index (χ0v) is 19.8. The normalized spacial score (nSPS) is 10.9. The van der Waals surface area contributed by atoms with Crippen LogP contribution in [0.25, 0.3) is 0 Å². The Labute approximate surface area is 204 Å². The first-order chi connectivity index (χ1) is 17.0. The zero-order valence-electron chi connectivity index (χ0n) is 19.0. The van der Waals surface area contributed by atoms with Gasteiger partial charge in [-0.2, -0.15) is 0 Å². The molecule has 0 aromatic heterocycles. The molecule has 0 radical (unpaired) electrons. The minimum Gasteiger partial charge on any atom is -0.492 e. The molecule has 1 amide bonds. The van der Waals surface area contributed by atoms with Gasteiger partial charge in [-0.15, -0.1) is 0 Å². The van der Waals surface area contributed by atoms with Crippen LogP contribution in [-0.4, -0.2) is 20.9 Å². The number of amides is 1. The molecule has 0 unspecified atom stereocenters. The van der Waals surface area contributed by atoms with Crippen molar-refractivity contribution in [2.24, 2.45) is 0 Å². The van der Waals surface area contributed by atoms with Crippen molar-refractivity contribution in [3.8, 4) is 17.2 Å². The van der Waals surface area contributed by atoms with Gasteiger partial charge in [-0.1, -0.05) is 48.5 Å². The summed E-state index contributed by atoms with van der Waals surface area (Å²) in [6.45, 7) is 2.15. The van der Waals surface area contributed by atoms with Crippen LogP contribution in [0, 0.1) is 0 Å². The molecule has 4 aromatic carbocycles. The molecular formula is C27H24N2O5S. The molecule has 4 aromatic rings. The highest BCUT2D eigenvalue weighted by molar-refractivity contribution is 7.92. The summed E-state index contributed by atoms with van der Waals surface area (Å²) < 4.78 is 40.6. The van der Waals surface area contributed by atoms with Gasteiger partial charge in [0.2, 0.25) is 0 Å². The van der Waals surface area contributed by atoms with E-state index >= 15 is 0 Å². The van der Waals surface area contributed by atoms with E-state index in [-0.39, 0.29) is 22.2 Å². The molecule has 0 aliphatic heterocycles. The van der Waals surface area contributed by atoms with Crippen LogP contribution in [-0.2, 0) is 10.0 Å². The van der Waals surface area contributed by atoms with Gasteiger partial charge < -0.3 is 14.8 Å². The Hall–Kier alpha value is -4.30. The van der Waals surface area contributed by atoms with E-state index in [0.717, 1.165) is 0 Å². The first kappa shape index (κ1) is 23.8. The van der Waals surface area contributed by atoms with E-state index < -0.39 is 10.0 Å². The van der Waals surface area contributed by atoms with Crippen LogP contribution in [0.4, 0.5) is 11.4 Å². The van der Waals surface area contributed by atoms with Crippen molar-refractivity contribution in [3.63, 3.8) is 0 Å². The SMILES string of the molecule is CCOc1ccc(S(=O)(=O)Nc2ccccc2Oc2ccccc2)cc1NC(=O)c1ccccc1. The van der Waals surface area contributed by atoms with Crippen molar-refractivity contribution in [1.29, 1.82) is 0 Å². The molecule has 0 aliphatic rings. The fraction of sp³-hybridized carbons (Fsp3) is 0.0741. The number of ether oxygens (including phenoxy) is 2. The average Bonchev–Trinajstić information content (AvgIpc) is 2.87. The van der Waals surface area contributed by atoms with Crippen molar-refractivity contribution < 1.29 is 22.7 Å². The van der Waals surface area contributed by atoms with Crippen LogP contribution in [0.2, 0.25) is 0 Å². The summed E-state index contributed by atoms with van der Waals surface area (Å²) in [7, 11) is -4.02. The number of carbonyl (C=O) groups is 1. The number of para-hydroxylation sites is 3. The quantitative estimate of drug-likeness (QED) is 0.305. The molecule has 0 heterocycles. The minimum atomic E-state index is -4.02. The summed E-state index contributed by atoms with van der Waals surface area (Å²) in [5.41, 5.74) is 0.964. The maximum Gasteiger partial charge on any atom is 0.262 e. The minimum absolute atomic E-state index is 0.0428. The lowest BCUT2D eigenvalue weighted by atomic mass is 10.2. The molecule has 35 heavy (non-hydrogen) atoms. The van der Waals surface area contributed by atoms with Gasteiger partial charge >= 0.3 is 0 Å². The molecule has 0 saturated carbocycles. The number of hydrogen-bond acceptors (Lipinski definition) is 5. The molecule has 4 rings (SSSR count). The molecule has 8 heteroatoms. The van der Waals surface area contributed by atoms with E-state index in [1.807, 2.05) is 18.2 Å². The Kier molecular flexibility index (Phi) is 7.32. The Morgan fingerprint density at radius 1 is 0.771 bits per heavy atom. The standard InChI is InChI=1S/C27H24N2O5S/c1-2-33-25-18-17-22(19-24(25)28-27(30)20-11-5-3-6-12-20)35(31,32)29-23-15-9-10-16-26(23)34-21-13-7-4-8-14-21/h3-19,29H,2H2,1H3,(H,28,30). The lowest BCUT2D eigenvalue weighted by Crippen LogP contribution is -2.16. The molecule has 2 N–H and O–H groups in total. The summed E-state index contributed by atoms with van der Waals surface area (Å²) >= 11 is 0. The average molecular weight is 489 g/mol. The fourth-order valence-corrected chi connectivity index (χ4v) is 4.39. The summed E-state index contributed by atoms with van der Waals surface area (Å²) in [4.78, 5) is 12.6. The van der Waals surface area contributed by atoms with Gasteiger partial charge in [0.1, 0.15) is 11.5 Å². The maximum absolute atomic E-state index is 13.3. The van der Waals surface area contributed by atoms with E-state index in [1.165, 1.54) is 18.2 Å². The van der Waals surface area contributed by atoms with Crippen LogP contribution >= 0.6 is 0 Å². The fourth-order valence-electron chi connectivity index (χ4n) is 3.30. The molecule has 7 nitrogen and oxygen atoms in total. The van der Waals surface area contributed by atoms with Crippen molar-refractivity contribution >= 4 is 27.3 Å². The van der Waals surface area contributed by atoms with Gasteiger partial charge in [0, 0.05) is 5.56 Å². The van der Waals surface area contributed by atoms with Crippen molar-refractivity contribution in [1.82, 2.24) is 0 Å². The number of anilines is 2. The van der Waals surface area contributed by atoms with E-state index in [0.29, 0.717) is 29.4 Å². The van der Waals surface area contributed by atoms with Gasteiger partial charge in [0.15, 0.2) is 5.75 Å². The second kappa shape index (κ2) is 10.8. The molecule has 0 aliphatic carbocycles. The first-order valence-electron chi connectivity index (χ1n) is 10.9. The number of hydrogen-bond donors (Lipinski definition) is 2. The lowest BCUT2D eigenvalue weighted by Gasteiger charge is -2.16. The van der Waals surface area contributed by atoms with Crippen molar-refractivity contribution in [3.05, 3.63) is 109 Å². The summed E-state index contributed by atoms with van der Waals surface area (Å²) in [6, 6.07) is 28.8. The number of nitrogens with one attached hydrogen (secondary N) is 2. The monoisotopic (exact) mass is 488 g/mol. The Balaban J connectivity index is 1.62. The second-order valence-electron chi connectivity index (χ2n) is 7.43. The Morgan fingerprint density at radius 3 is 2.14 bits per heavy atom. The van der Waals surface area contributed by atoms with Crippen molar-refractivity contribution in [2.75, 3.05) is 16.6 Å². The predicted octanol–water partition coefficient (Wildman–Crippen LogP) is 5.93. The third-order valence-corrected chi connectivity index (χ3v) is 6.31. The molecule has 0 saturated heterocycles. The van der Waals surface area contributed by atoms with Crippen LogP contribution in [0.15, 0.2) is 108 Å². The van der Waals surface area contributed by atoms with Gasteiger partial charge in [-0.3, -0.25) is 9.52 Å². The largest absolute Gasteiger partial charge is 0.492 e. The highest BCUT2D eigenvalue weighted by Crippen LogP contribution is 2.33. The summed E-state index contributed by atoms with van der Waals surface area (Å²) in [6.07, 6.45) is 0.